The molecule has 6 nitrogen and oxygen atoms in total. The molecule has 0 aliphatic carbocycles. The summed E-state index contributed by atoms with van der Waals surface area (Å²) in [6.45, 7) is 1.73. The van der Waals surface area contributed by atoms with Crippen molar-refractivity contribution >= 4 is 5.97 Å². The maximum absolute atomic E-state index is 11.8. The fourth-order valence-corrected chi connectivity index (χ4v) is 3.57. The Kier molecular flexibility index (Phi) is 3.30. The summed E-state index contributed by atoms with van der Waals surface area (Å²) in [6, 6.07) is 3.86. The highest BCUT2D eigenvalue weighted by Crippen LogP contribution is 2.44. The molecular weight excluding hydrogens is 272 g/mol. The Morgan fingerprint density at radius 3 is 2.67 bits per heavy atom. The lowest BCUT2D eigenvalue weighted by molar-refractivity contribution is -0.145. The molecule has 0 aromatic heterocycles. The molecule has 0 radical (unpaired) electrons. The number of nitrogens with one attached hydrogen (secondary N) is 1. The van der Waals surface area contributed by atoms with Crippen LogP contribution in [0.4, 0.5) is 0 Å². The molecule has 0 amide bonds. The Morgan fingerprint density at radius 1 is 1.38 bits per heavy atom. The summed E-state index contributed by atoms with van der Waals surface area (Å²) in [4.78, 5) is 13.9. The van der Waals surface area contributed by atoms with Crippen molar-refractivity contribution in [3.05, 3.63) is 23.3 Å². The number of hydrogen-bond donors (Lipinski definition) is 2. The Labute approximate surface area is 123 Å². The van der Waals surface area contributed by atoms with Crippen molar-refractivity contribution in [2.75, 3.05) is 34.4 Å². The SMILES string of the molecule is COc1cc2c(cc1OC)[C@H]1CN(C)C[C@]1(C(=O)O)NC2. The van der Waals surface area contributed by atoms with Gasteiger partial charge < -0.3 is 19.5 Å². The van der Waals surface area contributed by atoms with Gasteiger partial charge in [-0.05, 0) is 30.3 Å². The smallest absolute Gasteiger partial charge is 0.325 e. The second-order valence-corrected chi connectivity index (χ2v) is 5.79. The van der Waals surface area contributed by atoms with E-state index >= 15 is 0 Å². The van der Waals surface area contributed by atoms with E-state index in [9.17, 15) is 9.90 Å². The Balaban J connectivity index is 2.12. The number of hydrogen-bond acceptors (Lipinski definition) is 5. The minimum atomic E-state index is -0.915. The molecule has 0 unspecified atom stereocenters. The maximum atomic E-state index is 11.8. The van der Waals surface area contributed by atoms with Crippen molar-refractivity contribution in [3.63, 3.8) is 0 Å². The predicted molar refractivity (Wildman–Crippen MR) is 77.0 cm³/mol. The molecule has 2 N–H and O–H groups in total. The molecule has 3 rings (SSSR count). The van der Waals surface area contributed by atoms with Crippen LogP contribution >= 0.6 is 0 Å². The number of ether oxygens (including phenoxy) is 2. The number of methoxy groups -OCH3 is 2. The van der Waals surface area contributed by atoms with Gasteiger partial charge in [0.15, 0.2) is 11.5 Å². The van der Waals surface area contributed by atoms with Crippen molar-refractivity contribution in [1.82, 2.24) is 10.2 Å². The average Bonchev–Trinajstić information content (AvgIpc) is 2.83. The van der Waals surface area contributed by atoms with Crippen molar-refractivity contribution in [3.8, 4) is 11.5 Å². The van der Waals surface area contributed by atoms with Crippen LogP contribution in [0.2, 0.25) is 0 Å². The number of carbonyl (C=O) groups is 1. The number of carboxylic acids is 1. The first-order valence-electron chi connectivity index (χ1n) is 6.93. The van der Waals surface area contributed by atoms with E-state index in [-0.39, 0.29) is 5.92 Å². The first-order chi connectivity index (χ1) is 10.0. The summed E-state index contributed by atoms with van der Waals surface area (Å²) >= 11 is 0. The molecule has 2 atom stereocenters. The van der Waals surface area contributed by atoms with Gasteiger partial charge in [0.1, 0.15) is 5.54 Å². The molecule has 1 aromatic rings. The summed E-state index contributed by atoms with van der Waals surface area (Å²) in [6.07, 6.45) is 0. The largest absolute Gasteiger partial charge is 0.493 e. The maximum Gasteiger partial charge on any atom is 0.325 e. The van der Waals surface area contributed by atoms with Crippen LogP contribution in [0.5, 0.6) is 11.5 Å². The second kappa shape index (κ2) is 4.89. The van der Waals surface area contributed by atoms with E-state index in [2.05, 4.69) is 10.2 Å². The normalized spacial score (nSPS) is 27.9. The quantitative estimate of drug-likeness (QED) is 0.853. The van der Waals surface area contributed by atoms with Gasteiger partial charge in [-0.2, -0.15) is 0 Å². The third-order valence-corrected chi connectivity index (χ3v) is 4.61. The minimum absolute atomic E-state index is 0.0939. The van der Waals surface area contributed by atoms with E-state index < -0.39 is 11.5 Å². The highest BCUT2D eigenvalue weighted by atomic mass is 16.5. The average molecular weight is 292 g/mol. The van der Waals surface area contributed by atoms with E-state index in [1.54, 1.807) is 14.2 Å². The monoisotopic (exact) mass is 292 g/mol. The van der Waals surface area contributed by atoms with Crippen LogP contribution in [0.3, 0.4) is 0 Å². The molecule has 0 saturated carbocycles. The zero-order chi connectivity index (χ0) is 15.2. The van der Waals surface area contributed by atoms with Crippen molar-refractivity contribution < 1.29 is 19.4 Å². The van der Waals surface area contributed by atoms with Crippen LogP contribution < -0.4 is 14.8 Å². The molecule has 1 saturated heterocycles. The van der Waals surface area contributed by atoms with E-state index in [1.165, 1.54) is 0 Å². The van der Waals surface area contributed by atoms with Gasteiger partial charge in [-0.15, -0.1) is 0 Å². The van der Waals surface area contributed by atoms with E-state index in [1.807, 2.05) is 19.2 Å². The van der Waals surface area contributed by atoms with Crippen LogP contribution in [0.25, 0.3) is 0 Å². The molecule has 2 aliphatic heterocycles. The number of likely N-dealkylation sites (N-methyl/N-ethyl adjacent to an activating group) is 1. The van der Waals surface area contributed by atoms with Crippen LogP contribution in [-0.4, -0.2) is 55.9 Å². The predicted octanol–water partition coefficient (Wildman–Crippen LogP) is 0.659. The van der Waals surface area contributed by atoms with Crippen molar-refractivity contribution in [2.24, 2.45) is 0 Å². The van der Waals surface area contributed by atoms with Gasteiger partial charge >= 0.3 is 5.97 Å². The van der Waals surface area contributed by atoms with Crippen LogP contribution in [0.1, 0.15) is 17.0 Å². The van der Waals surface area contributed by atoms with Crippen LogP contribution in [0.15, 0.2) is 12.1 Å². The van der Waals surface area contributed by atoms with Gasteiger partial charge in [-0.3, -0.25) is 10.1 Å². The first kappa shape index (κ1) is 14.2. The van der Waals surface area contributed by atoms with Gasteiger partial charge in [-0.25, -0.2) is 0 Å². The summed E-state index contributed by atoms with van der Waals surface area (Å²) in [5.74, 6) is 0.431. The van der Waals surface area contributed by atoms with Crippen LogP contribution in [-0.2, 0) is 11.3 Å². The molecule has 21 heavy (non-hydrogen) atoms. The van der Waals surface area contributed by atoms with E-state index in [0.717, 1.165) is 11.1 Å². The fraction of sp³-hybridized carbons (Fsp3) is 0.533. The summed E-state index contributed by atoms with van der Waals surface area (Å²) < 4.78 is 10.7. The number of aliphatic carboxylic acids is 1. The molecule has 0 spiro atoms. The van der Waals surface area contributed by atoms with Gasteiger partial charge in [0.05, 0.1) is 14.2 Å². The van der Waals surface area contributed by atoms with Crippen molar-refractivity contribution in [1.29, 1.82) is 0 Å². The lowest BCUT2D eigenvalue weighted by Crippen LogP contribution is -2.59. The molecule has 1 aromatic carbocycles. The summed E-state index contributed by atoms with van der Waals surface area (Å²) in [5, 5.41) is 13.0. The molecule has 114 valence electrons. The van der Waals surface area contributed by atoms with Crippen LogP contribution in [0, 0.1) is 0 Å². The van der Waals surface area contributed by atoms with E-state index in [0.29, 0.717) is 31.1 Å². The highest BCUT2D eigenvalue weighted by Gasteiger charge is 2.54. The molecule has 2 aliphatic rings. The standard InChI is InChI=1S/C15H20N2O4/c1-17-7-11-10-5-13(21-3)12(20-2)4-9(10)6-16-15(11,8-17)14(18)19/h4-5,11,16H,6-8H2,1-3H3,(H,18,19)/t11-,15+/m1/s1. The summed E-state index contributed by atoms with van der Waals surface area (Å²) in [5.41, 5.74) is 1.20. The Morgan fingerprint density at radius 2 is 2.05 bits per heavy atom. The molecule has 0 bridgehead atoms. The number of fused-ring (bicyclic) bond motifs is 3. The van der Waals surface area contributed by atoms with Gasteiger partial charge in [0.2, 0.25) is 0 Å². The molecular formula is C15H20N2O4. The topological polar surface area (TPSA) is 71.0 Å². The Hall–Kier alpha value is -1.79. The molecule has 6 heteroatoms. The van der Waals surface area contributed by atoms with Gasteiger partial charge in [0, 0.05) is 25.6 Å². The number of benzene rings is 1. The first-order valence-corrected chi connectivity index (χ1v) is 6.93. The molecule has 2 heterocycles. The lowest BCUT2D eigenvalue weighted by atomic mass is 9.76. The second-order valence-electron chi connectivity index (χ2n) is 5.79. The highest BCUT2D eigenvalue weighted by molar-refractivity contribution is 5.82. The number of carboxylic acid groups (broad SMARTS) is 1. The minimum Gasteiger partial charge on any atom is -0.493 e. The number of nitrogens with zero attached hydrogens (tertiary/aromatic N) is 1. The number of rotatable bonds is 3. The molecule has 1 fully saturated rings. The number of likely N-dealkylation sites (tertiary alicyclic amines) is 1. The summed E-state index contributed by atoms with van der Waals surface area (Å²) in [7, 11) is 5.15. The third-order valence-electron chi connectivity index (χ3n) is 4.61. The third kappa shape index (κ3) is 1.98. The Bertz CT molecular complexity index is 589. The van der Waals surface area contributed by atoms with Gasteiger partial charge in [-0.1, -0.05) is 0 Å². The van der Waals surface area contributed by atoms with E-state index in [4.69, 9.17) is 9.47 Å². The van der Waals surface area contributed by atoms with Crippen molar-refractivity contribution in [2.45, 2.75) is 18.0 Å². The zero-order valence-electron chi connectivity index (χ0n) is 12.5. The lowest BCUT2D eigenvalue weighted by Gasteiger charge is -2.37. The van der Waals surface area contributed by atoms with Gasteiger partial charge in [0.25, 0.3) is 0 Å². The fourth-order valence-electron chi connectivity index (χ4n) is 3.57. The zero-order valence-corrected chi connectivity index (χ0v) is 12.5.